The van der Waals surface area contributed by atoms with E-state index in [2.05, 4.69) is 4.98 Å². The van der Waals surface area contributed by atoms with Gasteiger partial charge in [0.25, 0.3) is 0 Å². The summed E-state index contributed by atoms with van der Waals surface area (Å²) in [6.07, 6.45) is -0.915. The predicted octanol–water partition coefficient (Wildman–Crippen LogP) is 2.58. The Morgan fingerprint density at radius 3 is 2.23 bits per heavy atom. The number of esters is 2. The number of ether oxygens (including phenoxy) is 2. The van der Waals surface area contributed by atoms with Gasteiger partial charge in [0, 0.05) is 5.69 Å². The molecular weight excluding hydrogens is 286 g/mol. The molecule has 0 aliphatic carbocycles. The van der Waals surface area contributed by atoms with Gasteiger partial charge in [0.2, 0.25) is 5.78 Å². The normalized spacial score (nSPS) is 12.1. The first kappa shape index (κ1) is 17.9. The van der Waals surface area contributed by atoms with Crippen LogP contribution in [0.1, 0.15) is 59.8 Å². The van der Waals surface area contributed by atoms with Gasteiger partial charge in [-0.2, -0.15) is 0 Å². The monoisotopic (exact) mass is 309 g/mol. The second-order valence-corrected chi connectivity index (χ2v) is 5.44. The summed E-state index contributed by atoms with van der Waals surface area (Å²) in [5.41, 5.74) is 1.69. The van der Waals surface area contributed by atoms with Crippen molar-refractivity contribution in [2.45, 2.75) is 47.6 Å². The number of aromatic amines is 1. The van der Waals surface area contributed by atoms with Crippen LogP contribution in [0.5, 0.6) is 0 Å². The third-order valence-corrected chi connectivity index (χ3v) is 3.30. The maximum absolute atomic E-state index is 12.4. The Hall–Kier alpha value is -2.11. The number of carbonyl (C=O) groups is 3. The van der Waals surface area contributed by atoms with Crippen molar-refractivity contribution in [2.75, 3.05) is 6.61 Å². The number of aryl methyl sites for hydroxylation is 1. The first-order valence-electron chi connectivity index (χ1n) is 7.31. The number of rotatable bonds is 6. The average Bonchev–Trinajstić information content (AvgIpc) is 2.73. The Labute approximate surface area is 130 Å². The molecule has 0 unspecified atom stereocenters. The average molecular weight is 309 g/mol. The quantitative estimate of drug-likeness (QED) is 0.645. The molecule has 0 aliphatic rings. The molecule has 0 saturated heterocycles. The van der Waals surface area contributed by atoms with Gasteiger partial charge in [-0.05, 0) is 33.3 Å². The molecule has 1 heterocycles. The van der Waals surface area contributed by atoms with E-state index >= 15 is 0 Å². The van der Waals surface area contributed by atoms with E-state index in [1.807, 2.05) is 0 Å². The zero-order valence-electron chi connectivity index (χ0n) is 13.9. The van der Waals surface area contributed by atoms with Crippen molar-refractivity contribution in [3.8, 4) is 0 Å². The molecule has 0 saturated carbocycles. The van der Waals surface area contributed by atoms with Gasteiger partial charge in [0.15, 0.2) is 6.10 Å². The van der Waals surface area contributed by atoms with Crippen LogP contribution in [-0.4, -0.2) is 35.4 Å². The summed E-state index contributed by atoms with van der Waals surface area (Å²) in [6, 6.07) is 0. The van der Waals surface area contributed by atoms with Gasteiger partial charge in [-0.15, -0.1) is 0 Å². The first-order valence-corrected chi connectivity index (χ1v) is 7.31. The van der Waals surface area contributed by atoms with Crippen LogP contribution in [0, 0.1) is 19.8 Å². The first-order chi connectivity index (χ1) is 10.2. The smallest absolute Gasteiger partial charge is 0.340 e. The minimum atomic E-state index is -0.915. The summed E-state index contributed by atoms with van der Waals surface area (Å²) in [4.78, 5) is 38.8. The molecule has 1 aromatic heterocycles. The molecule has 0 radical (unpaired) electrons. The molecule has 1 aromatic rings. The standard InChI is InChI=1S/C16H23NO5/c1-7-21-16(20)12-9(4)13(17-10(12)5)14(18)11(6)22-15(19)8(2)3/h8,11,17H,7H2,1-6H3/t11-/m0/s1. The van der Waals surface area contributed by atoms with E-state index in [0.717, 1.165) is 0 Å². The molecule has 1 atom stereocenters. The molecule has 1 rings (SSSR count). The molecule has 6 heteroatoms. The highest BCUT2D eigenvalue weighted by Gasteiger charge is 2.27. The van der Waals surface area contributed by atoms with Crippen LogP contribution in [-0.2, 0) is 14.3 Å². The van der Waals surface area contributed by atoms with Crippen LogP contribution < -0.4 is 0 Å². The fourth-order valence-corrected chi connectivity index (χ4v) is 2.07. The number of Topliss-reactive ketones (excluding diaryl/α,β-unsaturated/α-hetero) is 1. The van der Waals surface area contributed by atoms with E-state index in [9.17, 15) is 14.4 Å². The lowest BCUT2D eigenvalue weighted by Crippen LogP contribution is -2.27. The molecule has 0 bridgehead atoms. The Morgan fingerprint density at radius 2 is 1.73 bits per heavy atom. The number of ketones is 1. The van der Waals surface area contributed by atoms with E-state index in [4.69, 9.17) is 9.47 Å². The minimum Gasteiger partial charge on any atom is -0.462 e. The molecular formula is C16H23NO5. The van der Waals surface area contributed by atoms with Crippen molar-refractivity contribution < 1.29 is 23.9 Å². The Bertz CT molecular complexity index is 586. The molecule has 1 N–H and O–H groups in total. The molecule has 0 aromatic carbocycles. The van der Waals surface area contributed by atoms with E-state index in [1.54, 1.807) is 34.6 Å². The zero-order valence-corrected chi connectivity index (χ0v) is 13.9. The highest BCUT2D eigenvalue weighted by molar-refractivity contribution is 6.04. The number of nitrogens with one attached hydrogen (secondary N) is 1. The van der Waals surface area contributed by atoms with Crippen molar-refractivity contribution in [1.82, 2.24) is 4.98 Å². The Balaban J connectivity index is 3.02. The molecule has 0 aliphatic heterocycles. The third-order valence-electron chi connectivity index (χ3n) is 3.30. The van der Waals surface area contributed by atoms with Crippen molar-refractivity contribution >= 4 is 17.7 Å². The van der Waals surface area contributed by atoms with Gasteiger partial charge in [-0.25, -0.2) is 4.79 Å². The minimum absolute atomic E-state index is 0.259. The van der Waals surface area contributed by atoms with Crippen LogP contribution in [0.25, 0.3) is 0 Å². The number of hydrogen-bond donors (Lipinski definition) is 1. The van der Waals surface area contributed by atoms with Crippen LogP contribution in [0.3, 0.4) is 0 Å². The van der Waals surface area contributed by atoms with Gasteiger partial charge in [-0.3, -0.25) is 9.59 Å². The van der Waals surface area contributed by atoms with E-state index in [-0.39, 0.29) is 24.0 Å². The van der Waals surface area contributed by atoms with Crippen LogP contribution >= 0.6 is 0 Å². The fourth-order valence-electron chi connectivity index (χ4n) is 2.07. The maximum atomic E-state index is 12.4. The van der Waals surface area contributed by atoms with Gasteiger partial charge >= 0.3 is 11.9 Å². The second kappa shape index (κ2) is 7.24. The molecule has 122 valence electrons. The summed E-state index contributed by atoms with van der Waals surface area (Å²) in [5.74, 6) is -1.59. The van der Waals surface area contributed by atoms with Gasteiger partial charge < -0.3 is 14.5 Å². The lowest BCUT2D eigenvalue weighted by molar-refractivity contribution is -0.150. The molecule has 0 spiro atoms. The third kappa shape index (κ3) is 3.75. The molecule has 22 heavy (non-hydrogen) atoms. The Morgan fingerprint density at radius 1 is 1.14 bits per heavy atom. The summed E-state index contributed by atoms with van der Waals surface area (Å²) in [5, 5.41) is 0. The van der Waals surface area contributed by atoms with Crippen LogP contribution in [0.2, 0.25) is 0 Å². The number of aromatic nitrogens is 1. The molecule has 0 amide bonds. The van der Waals surface area contributed by atoms with Crippen molar-refractivity contribution in [3.05, 3.63) is 22.5 Å². The van der Waals surface area contributed by atoms with Gasteiger partial charge in [0.1, 0.15) is 0 Å². The second-order valence-electron chi connectivity index (χ2n) is 5.44. The zero-order chi connectivity index (χ0) is 17.0. The van der Waals surface area contributed by atoms with Crippen molar-refractivity contribution in [2.24, 2.45) is 5.92 Å². The van der Waals surface area contributed by atoms with Crippen molar-refractivity contribution in [1.29, 1.82) is 0 Å². The lowest BCUT2D eigenvalue weighted by atomic mass is 10.1. The number of H-pyrrole nitrogens is 1. The number of hydrogen-bond acceptors (Lipinski definition) is 5. The molecule has 0 fully saturated rings. The molecule has 6 nitrogen and oxygen atoms in total. The fraction of sp³-hybridized carbons (Fsp3) is 0.562. The van der Waals surface area contributed by atoms with Crippen molar-refractivity contribution in [3.63, 3.8) is 0 Å². The largest absolute Gasteiger partial charge is 0.462 e. The highest BCUT2D eigenvalue weighted by Crippen LogP contribution is 2.21. The number of carbonyl (C=O) groups excluding carboxylic acids is 3. The highest BCUT2D eigenvalue weighted by atomic mass is 16.5. The van der Waals surface area contributed by atoms with E-state index < -0.39 is 18.0 Å². The SMILES string of the molecule is CCOC(=O)c1c(C)[nH]c(C(=O)[C@H](C)OC(=O)C(C)C)c1C. The lowest BCUT2D eigenvalue weighted by Gasteiger charge is -2.13. The Kier molecular flexibility index (Phi) is 5.91. The topological polar surface area (TPSA) is 85.5 Å². The summed E-state index contributed by atoms with van der Waals surface area (Å²) in [6.45, 7) is 10.2. The summed E-state index contributed by atoms with van der Waals surface area (Å²) < 4.78 is 10.1. The van der Waals surface area contributed by atoms with E-state index in [1.165, 1.54) is 6.92 Å². The van der Waals surface area contributed by atoms with Crippen LogP contribution in [0.15, 0.2) is 0 Å². The van der Waals surface area contributed by atoms with Crippen LogP contribution in [0.4, 0.5) is 0 Å². The van der Waals surface area contributed by atoms with E-state index in [0.29, 0.717) is 16.8 Å². The van der Waals surface area contributed by atoms with Gasteiger partial charge in [0.05, 0.1) is 23.8 Å². The summed E-state index contributed by atoms with van der Waals surface area (Å²) >= 11 is 0. The predicted molar refractivity (Wildman–Crippen MR) is 80.9 cm³/mol. The maximum Gasteiger partial charge on any atom is 0.340 e. The summed E-state index contributed by atoms with van der Waals surface area (Å²) in [7, 11) is 0. The van der Waals surface area contributed by atoms with Gasteiger partial charge in [-0.1, -0.05) is 13.8 Å².